The van der Waals surface area contributed by atoms with E-state index in [2.05, 4.69) is 20.9 Å². The number of nitrogens with one attached hydrogen (secondary N) is 1. The number of hydrogen-bond donors (Lipinski definition) is 1. The molecule has 2 nitrogen and oxygen atoms in total. The van der Waals surface area contributed by atoms with Crippen molar-refractivity contribution in [1.82, 2.24) is 9.55 Å². The van der Waals surface area contributed by atoms with Gasteiger partial charge in [-0.1, -0.05) is 11.6 Å². The molecule has 0 aliphatic heterocycles. The summed E-state index contributed by atoms with van der Waals surface area (Å²) in [5.41, 5.74) is 1.11. The molecule has 0 fully saturated rings. The monoisotopic (exact) mass is 374 g/mol. The second-order valence-corrected chi connectivity index (χ2v) is 5.79. The van der Waals surface area contributed by atoms with Crippen molar-refractivity contribution in [3.63, 3.8) is 0 Å². The number of fused-ring (bicyclic) bond motifs is 1. The average Bonchev–Trinajstić information content (AvgIpc) is 2.70. The van der Waals surface area contributed by atoms with E-state index in [1.54, 1.807) is 18.2 Å². The smallest absolute Gasteiger partial charge is 0.182 e. The number of halogens is 4. The first kappa shape index (κ1) is 13.7. The van der Waals surface area contributed by atoms with Crippen molar-refractivity contribution < 1.29 is 8.78 Å². The number of nitrogens with zero attached hydrogens (tertiary/aromatic N) is 1. The zero-order valence-electron chi connectivity index (χ0n) is 9.75. The van der Waals surface area contributed by atoms with Gasteiger partial charge < -0.3 is 4.98 Å². The average molecular weight is 376 g/mol. The van der Waals surface area contributed by atoms with E-state index in [-0.39, 0.29) is 10.3 Å². The van der Waals surface area contributed by atoms with Gasteiger partial charge in [0.1, 0.15) is 11.3 Å². The highest BCUT2D eigenvalue weighted by Crippen LogP contribution is 2.28. The lowest BCUT2D eigenvalue weighted by molar-refractivity contribution is 0.590. The summed E-state index contributed by atoms with van der Waals surface area (Å²) in [6, 6.07) is 7.19. The number of rotatable bonds is 1. The van der Waals surface area contributed by atoms with Gasteiger partial charge in [-0.3, -0.25) is 4.57 Å². The van der Waals surface area contributed by atoms with Crippen LogP contribution < -0.4 is 0 Å². The van der Waals surface area contributed by atoms with E-state index in [1.165, 1.54) is 10.6 Å². The Bertz CT molecular complexity index is 888. The molecular formula is C13H6BrClF2N2S. The van der Waals surface area contributed by atoms with Gasteiger partial charge in [-0.15, -0.1) is 0 Å². The third-order valence-corrected chi connectivity index (χ3v) is 4.39. The number of H-pyrrole nitrogens is 1. The van der Waals surface area contributed by atoms with Gasteiger partial charge in [-0.25, -0.2) is 8.78 Å². The van der Waals surface area contributed by atoms with E-state index in [0.717, 1.165) is 10.5 Å². The van der Waals surface area contributed by atoms with Gasteiger partial charge in [0, 0.05) is 22.3 Å². The van der Waals surface area contributed by atoms with Crippen molar-refractivity contribution in [1.29, 1.82) is 0 Å². The van der Waals surface area contributed by atoms with Crippen molar-refractivity contribution in [2.75, 3.05) is 0 Å². The Balaban J connectivity index is 2.38. The topological polar surface area (TPSA) is 20.7 Å². The molecule has 0 spiro atoms. The van der Waals surface area contributed by atoms with Gasteiger partial charge in [-0.05, 0) is 46.3 Å². The third kappa shape index (κ3) is 2.17. The summed E-state index contributed by atoms with van der Waals surface area (Å²) >= 11 is 14.5. The van der Waals surface area contributed by atoms with Gasteiger partial charge >= 0.3 is 0 Å². The van der Waals surface area contributed by atoms with Crippen LogP contribution in [0.2, 0.25) is 5.02 Å². The van der Waals surface area contributed by atoms with E-state index >= 15 is 0 Å². The number of aromatic nitrogens is 2. The zero-order valence-corrected chi connectivity index (χ0v) is 12.9. The van der Waals surface area contributed by atoms with Gasteiger partial charge in [0.05, 0.1) is 10.5 Å². The summed E-state index contributed by atoms with van der Waals surface area (Å²) in [5.74, 6) is -1.35. The van der Waals surface area contributed by atoms with Crippen LogP contribution in [0.15, 0.2) is 34.8 Å². The minimum atomic E-state index is -0.687. The Kier molecular flexibility index (Phi) is 3.40. The van der Waals surface area contributed by atoms with Crippen LogP contribution in [0.3, 0.4) is 0 Å². The molecule has 0 bridgehead atoms. The normalized spacial score (nSPS) is 11.2. The molecule has 1 heterocycles. The molecule has 102 valence electrons. The fourth-order valence-electron chi connectivity index (χ4n) is 2.01. The van der Waals surface area contributed by atoms with E-state index in [4.69, 9.17) is 23.8 Å². The van der Waals surface area contributed by atoms with E-state index < -0.39 is 11.6 Å². The van der Waals surface area contributed by atoms with Crippen LogP contribution >= 0.6 is 39.7 Å². The lowest BCUT2D eigenvalue weighted by Gasteiger charge is -2.06. The standard InChI is InChI=1S/C13H6BrClF2N2S/c14-8-2-1-7(5-9(8)15)19-11-4-6(16)3-10(17)12(11)18-13(19)20/h1-5H,(H,18,20). The molecule has 0 aliphatic rings. The Morgan fingerprint density at radius 3 is 2.65 bits per heavy atom. The molecule has 0 radical (unpaired) electrons. The minimum Gasteiger partial charge on any atom is -0.328 e. The second kappa shape index (κ2) is 4.95. The second-order valence-electron chi connectivity index (χ2n) is 4.15. The highest BCUT2D eigenvalue weighted by molar-refractivity contribution is 9.10. The number of aromatic amines is 1. The first-order valence-electron chi connectivity index (χ1n) is 5.52. The van der Waals surface area contributed by atoms with E-state index in [0.29, 0.717) is 16.2 Å². The number of benzene rings is 2. The van der Waals surface area contributed by atoms with Gasteiger partial charge in [0.25, 0.3) is 0 Å². The summed E-state index contributed by atoms with van der Waals surface area (Å²) in [5, 5.41) is 0.482. The highest BCUT2D eigenvalue weighted by atomic mass is 79.9. The summed E-state index contributed by atoms with van der Waals surface area (Å²) in [4.78, 5) is 2.74. The molecule has 0 atom stereocenters. The number of hydrogen-bond acceptors (Lipinski definition) is 1. The van der Waals surface area contributed by atoms with Crippen molar-refractivity contribution in [2.45, 2.75) is 0 Å². The van der Waals surface area contributed by atoms with E-state index in [1.807, 2.05) is 0 Å². The maximum atomic E-state index is 13.7. The summed E-state index contributed by atoms with van der Waals surface area (Å²) in [7, 11) is 0. The molecule has 3 rings (SSSR count). The van der Waals surface area contributed by atoms with Crippen molar-refractivity contribution >= 4 is 50.8 Å². The maximum absolute atomic E-state index is 13.7. The zero-order chi connectivity index (χ0) is 14.4. The Hall–Kier alpha value is -1.24. The van der Waals surface area contributed by atoms with Crippen LogP contribution in [-0.2, 0) is 0 Å². The first-order valence-corrected chi connectivity index (χ1v) is 7.10. The quantitative estimate of drug-likeness (QED) is 0.566. The van der Waals surface area contributed by atoms with Gasteiger partial charge in [-0.2, -0.15) is 0 Å². The van der Waals surface area contributed by atoms with Crippen LogP contribution in [0.4, 0.5) is 8.78 Å². The molecule has 0 amide bonds. The Morgan fingerprint density at radius 1 is 1.20 bits per heavy atom. The van der Waals surface area contributed by atoms with Crippen LogP contribution in [-0.4, -0.2) is 9.55 Å². The fourth-order valence-corrected chi connectivity index (χ4v) is 2.74. The first-order chi connectivity index (χ1) is 9.47. The molecule has 0 saturated carbocycles. The van der Waals surface area contributed by atoms with Crippen LogP contribution in [0, 0.1) is 16.4 Å². The van der Waals surface area contributed by atoms with E-state index in [9.17, 15) is 8.78 Å². The minimum absolute atomic E-state index is 0.162. The molecule has 3 aromatic rings. The van der Waals surface area contributed by atoms with Crippen molar-refractivity contribution in [3.05, 3.63) is 56.2 Å². The Labute approximate surface area is 131 Å². The van der Waals surface area contributed by atoms with Crippen LogP contribution in [0.25, 0.3) is 16.7 Å². The molecule has 1 N–H and O–H groups in total. The molecule has 0 aliphatic carbocycles. The van der Waals surface area contributed by atoms with Gasteiger partial charge in [0.15, 0.2) is 10.6 Å². The molecule has 0 unspecified atom stereocenters. The number of imidazole rings is 1. The fraction of sp³-hybridized carbons (Fsp3) is 0. The highest BCUT2D eigenvalue weighted by Gasteiger charge is 2.13. The lowest BCUT2D eigenvalue weighted by Crippen LogP contribution is -1.94. The maximum Gasteiger partial charge on any atom is 0.182 e. The van der Waals surface area contributed by atoms with Gasteiger partial charge in [0.2, 0.25) is 0 Å². The molecule has 0 saturated heterocycles. The SMILES string of the molecule is Fc1cc(F)c2[nH]c(=S)n(-c3ccc(Br)c(Cl)c3)c2c1. The summed E-state index contributed by atoms with van der Waals surface area (Å²) < 4.78 is 29.7. The summed E-state index contributed by atoms with van der Waals surface area (Å²) in [6.45, 7) is 0. The Morgan fingerprint density at radius 2 is 1.95 bits per heavy atom. The predicted octanol–water partition coefficient (Wildman–Crippen LogP) is 5.38. The van der Waals surface area contributed by atoms with Crippen LogP contribution in [0.5, 0.6) is 0 Å². The largest absolute Gasteiger partial charge is 0.328 e. The third-order valence-electron chi connectivity index (χ3n) is 2.87. The van der Waals surface area contributed by atoms with Crippen molar-refractivity contribution in [2.24, 2.45) is 0 Å². The summed E-state index contributed by atoms with van der Waals surface area (Å²) in [6.07, 6.45) is 0. The molecule has 7 heteroatoms. The predicted molar refractivity (Wildman–Crippen MR) is 81.1 cm³/mol. The molecule has 1 aromatic heterocycles. The molecular weight excluding hydrogens is 370 g/mol. The lowest BCUT2D eigenvalue weighted by atomic mass is 10.2. The van der Waals surface area contributed by atoms with Crippen LogP contribution in [0.1, 0.15) is 0 Å². The molecule has 2 aromatic carbocycles. The molecule has 20 heavy (non-hydrogen) atoms. The van der Waals surface area contributed by atoms with Crippen molar-refractivity contribution in [3.8, 4) is 5.69 Å².